The predicted molar refractivity (Wildman–Crippen MR) is 102 cm³/mol. The molecule has 5 nitrogen and oxygen atoms in total. The van der Waals surface area contributed by atoms with E-state index in [9.17, 15) is 4.79 Å². The van der Waals surface area contributed by atoms with Crippen LogP contribution in [-0.2, 0) is 0 Å². The minimum Gasteiger partial charge on any atom is -0.399 e. The van der Waals surface area contributed by atoms with Crippen LogP contribution < -0.4 is 16.9 Å². The molecule has 1 aromatic rings. The van der Waals surface area contributed by atoms with Gasteiger partial charge in [0.2, 0.25) is 0 Å². The number of aldehydes is 1. The third-order valence-electron chi connectivity index (χ3n) is 2.93. The highest BCUT2D eigenvalue weighted by atomic mass is 16.1. The minimum atomic E-state index is 0.490. The molecule has 0 aliphatic carbocycles. The van der Waals surface area contributed by atoms with E-state index in [0.29, 0.717) is 11.3 Å². The van der Waals surface area contributed by atoms with Gasteiger partial charge in [0.05, 0.1) is 6.21 Å². The van der Waals surface area contributed by atoms with Gasteiger partial charge in [0.15, 0.2) is 6.29 Å². The van der Waals surface area contributed by atoms with Crippen LogP contribution in [0.2, 0.25) is 0 Å². The summed E-state index contributed by atoms with van der Waals surface area (Å²) in [5.74, 6) is 5.27. The second-order valence-electron chi connectivity index (χ2n) is 4.72. The lowest BCUT2D eigenvalue weighted by Crippen LogP contribution is -2.03. The molecule has 0 aromatic heterocycles. The maximum atomic E-state index is 11.3. The molecule has 0 bridgehead atoms. The maximum absolute atomic E-state index is 11.3. The van der Waals surface area contributed by atoms with Crippen molar-refractivity contribution in [2.45, 2.75) is 20.8 Å². The van der Waals surface area contributed by atoms with Crippen molar-refractivity contribution in [3.05, 3.63) is 53.6 Å². The van der Waals surface area contributed by atoms with Gasteiger partial charge in [-0.15, -0.1) is 6.58 Å². The van der Waals surface area contributed by atoms with Gasteiger partial charge in [-0.2, -0.15) is 5.10 Å². The number of carbonyl (C=O) groups excluding carboxylic acids is 1. The molecule has 0 spiro atoms. The van der Waals surface area contributed by atoms with Gasteiger partial charge in [0, 0.05) is 35.1 Å². The molecule has 0 aliphatic heterocycles. The zero-order valence-corrected chi connectivity index (χ0v) is 14.3. The molecule has 0 amide bonds. The lowest BCUT2D eigenvalue weighted by atomic mass is 9.96. The van der Waals surface area contributed by atoms with Crippen molar-refractivity contribution in [2.24, 2.45) is 10.9 Å². The van der Waals surface area contributed by atoms with Crippen LogP contribution in [0.4, 0.5) is 11.4 Å². The van der Waals surface area contributed by atoms with E-state index in [1.165, 1.54) is 6.21 Å². The van der Waals surface area contributed by atoms with Crippen LogP contribution in [0.3, 0.4) is 0 Å². The molecule has 5 N–H and O–H groups in total. The second-order valence-corrected chi connectivity index (χ2v) is 4.72. The molecule has 1 rings (SSSR count). The Hall–Kier alpha value is -2.82. The summed E-state index contributed by atoms with van der Waals surface area (Å²) in [4.78, 5) is 11.3. The summed E-state index contributed by atoms with van der Waals surface area (Å²) in [6, 6.07) is 3.40. The summed E-state index contributed by atoms with van der Waals surface area (Å²) in [6.45, 7) is 9.15. The Labute approximate surface area is 138 Å². The average Bonchev–Trinajstić information content (AvgIpc) is 2.54. The smallest absolute Gasteiger partial charge is 0.150 e. The van der Waals surface area contributed by atoms with Crippen molar-refractivity contribution in [1.29, 1.82) is 0 Å². The molecule has 5 heteroatoms. The Balaban J connectivity index is 0.00000149. The van der Waals surface area contributed by atoms with Crippen molar-refractivity contribution in [2.75, 3.05) is 18.1 Å². The molecule has 0 aliphatic rings. The summed E-state index contributed by atoms with van der Waals surface area (Å²) in [6.07, 6.45) is 7.92. The molecule has 1 aromatic carbocycles. The quantitative estimate of drug-likeness (QED) is 0.147. The number of nitrogens with one attached hydrogen (secondary N) is 1. The fourth-order valence-electron chi connectivity index (χ4n) is 1.88. The van der Waals surface area contributed by atoms with Gasteiger partial charge in [-0.25, -0.2) is 0 Å². The van der Waals surface area contributed by atoms with E-state index < -0.39 is 0 Å². The lowest BCUT2D eigenvalue weighted by Gasteiger charge is -2.14. The zero-order chi connectivity index (χ0) is 17.8. The van der Waals surface area contributed by atoms with E-state index in [-0.39, 0.29) is 0 Å². The van der Waals surface area contributed by atoms with E-state index >= 15 is 0 Å². The molecular weight excluding hydrogens is 288 g/mol. The predicted octanol–water partition coefficient (Wildman–Crippen LogP) is 3.61. The highest BCUT2D eigenvalue weighted by Crippen LogP contribution is 2.29. The van der Waals surface area contributed by atoms with Crippen molar-refractivity contribution in [3.63, 3.8) is 0 Å². The number of hydrogen-bond acceptors (Lipinski definition) is 5. The van der Waals surface area contributed by atoms with E-state index in [1.54, 1.807) is 25.3 Å². The Morgan fingerprint density at radius 1 is 1.35 bits per heavy atom. The van der Waals surface area contributed by atoms with Gasteiger partial charge in [-0.1, -0.05) is 23.8 Å². The standard InChI is InChI=1S/C15H20N4O.C3H6/c1-4-10(2)5-11(8-19-17)15-12(9-20)6-13(16)7-14(15)18-3;1-3-2/h4-9,18H,16-17H2,1-3H3;3H,1H2,2H3/b10-4+,11-5+,19-8-;. The molecule has 0 fully saturated rings. The highest BCUT2D eigenvalue weighted by molar-refractivity contribution is 6.15. The number of hydrogen-bond donors (Lipinski definition) is 3. The number of nitrogens with two attached hydrogens (primary N) is 2. The maximum Gasteiger partial charge on any atom is 0.150 e. The molecule has 0 saturated carbocycles. The van der Waals surface area contributed by atoms with E-state index in [1.807, 2.05) is 32.9 Å². The number of carbonyl (C=O) groups is 1. The van der Waals surface area contributed by atoms with Crippen LogP contribution in [0.1, 0.15) is 36.7 Å². The summed E-state index contributed by atoms with van der Waals surface area (Å²) >= 11 is 0. The first-order valence-electron chi connectivity index (χ1n) is 7.20. The molecule has 23 heavy (non-hydrogen) atoms. The van der Waals surface area contributed by atoms with Gasteiger partial charge in [-0.3, -0.25) is 4.79 Å². The molecule has 124 valence electrons. The first-order chi connectivity index (χ1) is 11.0. The normalized spacial score (nSPS) is 11.7. The van der Waals surface area contributed by atoms with Crippen LogP contribution >= 0.6 is 0 Å². The van der Waals surface area contributed by atoms with Crippen LogP contribution in [0, 0.1) is 0 Å². The Morgan fingerprint density at radius 3 is 2.39 bits per heavy atom. The summed E-state index contributed by atoms with van der Waals surface area (Å²) in [5.41, 5.74) is 10.1. The van der Waals surface area contributed by atoms with E-state index in [2.05, 4.69) is 17.0 Å². The third-order valence-corrected chi connectivity index (χ3v) is 2.93. The summed E-state index contributed by atoms with van der Waals surface area (Å²) in [5, 5.41) is 6.62. The Kier molecular flexibility index (Phi) is 9.51. The van der Waals surface area contributed by atoms with Crippen LogP contribution in [0.25, 0.3) is 5.57 Å². The first kappa shape index (κ1) is 20.2. The van der Waals surface area contributed by atoms with E-state index in [0.717, 1.165) is 28.7 Å². The molecule has 0 saturated heterocycles. The first-order valence-corrected chi connectivity index (χ1v) is 7.20. The van der Waals surface area contributed by atoms with Gasteiger partial charge in [0.25, 0.3) is 0 Å². The SMILES string of the molecule is C/C=C(C)/C=C(\C=N/N)c1c(C=O)cc(N)cc1NC.C=CC. The van der Waals surface area contributed by atoms with Gasteiger partial charge in [0.1, 0.15) is 0 Å². The number of nitrogens with zero attached hydrogens (tertiary/aromatic N) is 1. The fraction of sp³-hybridized carbons (Fsp3) is 0.222. The Morgan fingerprint density at radius 2 is 1.96 bits per heavy atom. The largest absolute Gasteiger partial charge is 0.399 e. The van der Waals surface area contributed by atoms with Crippen molar-refractivity contribution in [3.8, 4) is 0 Å². The number of hydrazone groups is 1. The van der Waals surface area contributed by atoms with Crippen molar-refractivity contribution >= 4 is 29.4 Å². The third kappa shape index (κ3) is 6.22. The Bertz CT molecular complexity index is 628. The van der Waals surface area contributed by atoms with Gasteiger partial charge >= 0.3 is 0 Å². The second kappa shape index (κ2) is 10.8. The van der Waals surface area contributed by atoms with Crippen LogP contribution in [0.15, 0.2) is 47.6 Å². The lowest BCUT2D eigenvalue weighted by molar-refractivity contribution is 0.112. The van der Waals surface area contributed by atoms with E-state index in [4.69, 9.17) is 11.6 Å². The summed E-state index contributed by atoms with van der Waals surface area (Å²) in [7, 11) is 1.77. The summed E-state index contributed by atoms with van der Waals surface area (Å²) < 4.78 is 0. The van der Waals surface area contributed by atoms with Gasteiger partial charge < -0.3 is 16.9 Å². The molecular formula is C18H26N4O. The topological polar surface area (TPSA) is 93.5 Å². The zero-order valence-electron chi connectivity index (χ0n) is 14.3. The number of nitrogen functional groups attached to an aromatic ring is 1. The molecule has 0 heterocycles. The molecule has 0 atom stereocenters. The van der Waals surface area contributed by atoms with Crippen molar-refractivity contribution < 1.29 is 4.79 Å². The van der Waals surface area contributed by atoms with Crippen LogP contribution in [0.5, 0.6) is 0 Å². The van der Waals surface area contributed by atoms with Crippen LogP contribution in [-0.4, -0.2) is 19.5 Å². The molecule has 0 unspecified atom stereocenters. The minimum absolute atomic E-state index is 0.490. The number of rotatable bonds is 5. The van der Waals surface area contributed by atoms with Gasteiger partial charge in [-0.05, 0) is 32.9 Å². The molecule has 0 radical (unpaired) electrons. The fourth-order valence-corrected chi connectivity index (χ4v) is 1.88. The monoisotopic (exact) mass is 314 g/mol. The number of anilines is 2. The number of allylic oxidation sites excluding steroid dienone is 5. The highest BCUT2D eigenvalue weighted by Gasteiger charge is 2.12. The average molecular weight is 314 g/mol. The number of benzene rings is 1. The van der Waals surface area contributed by atoms with Crippen molar-refractivity contribution in [1.82, 2.24) is 0 Å².